The molecule has 2 heterocycles. The van der Waals surface area contributed by atoms with E-state index in [0.717, 1.165) is 19.0 Å². The van der Waals surface area contributed by atoms with Crippen LogP contribution in [0.25, 0.3) is 0 Å². The highest BCUT2D eigenvalue weighted by molar-refractivity contribution is 7.12. The molecule has 0 spiro atoms. The number of nitrogens with one attached hydrogen (secondary N) is 1. The van der Waals surface area contributed by atoms with Crippen LogP contribution in [0, 0.1) is 5.92 Å². The first-order valence-electron chi connectivity index (χ1n) is 7.40. The van der Waals surface area contributed by atoms with Gasteiger partial charge in [-0.25, -0.2) is 0 Å². The van der Waals surface area contributed by atoms with E-state index in [4.69, 9.17) is 4.74 Å². The average Bonchev–Trinajstić information content (AvgIpc) is 2.96. The summed E-state index contributed by atoms with van der Waals surface area (Å²) < 4.78 is 5.12. The summed E-state index contributed by atoms with van der Waals surface area (Å²) in [5, 5.41) is 14.6. The first-order valence-corrected chi connectivity index (χ1v) is 8.28. The van der Waals surface area contributed by atoms with Crippen LogP contribution in [0.1, 0.15) is 29.4 Å². The number of carbonyl (C=O) groups excluding carboxylic acids is 1. The zero-order valence-electron chi connectivity index (χ0n) is 12.7. The van der Waals surface area contributed by atoms with E-state index in [1.807, 2.05) is 5.38 Å². The number of rotatable bonds is 6. The largest absolute Gasteiger partial charge is 0.495 e. The van der Waals surface area contributed by atoms with Crippen molar-refractivity contribution >= 4 is 17.2 Å². The lowest BCUT2D eigenvalue weighted by atomic mass is 9.99. The van der Waals surface area contributed by atoms with Crippen LogP contribution in [0.2, 0.25) is 0 Å². The molecule has 0 aromatic carbocycles. The number of piperidine rings is 1. The highest BCUT2D eigenvalue weighted by Gasteiger charge is 2.19. The summed E-state index contributed by atoms with van der Waals surface area (Å²) in [6.07, 6.45) is 1.84. The molecule has 2 rings (SSSR count). The Morgan fingerprint density at radius 1 is 1.57 bits per heavy atom. The van der Waals surface area contributed by atoms with Gasteiger partial charge in [-0.1, -0.05) is 6.92 Å². The zero-order chi connectivity index (χ0) is 15.2. The van der Waals surface area contributed by atoms with E-state index < -0.39 is 6.10 Å². The summed E-state index contributed by atoms with van der Waals surface area (Å²) in [4.78, 5) is 14.8. The van der Waals surface area contributed by atoms with Crippen LogP contribution in [0.5, 0.6) is 5.75 Å². The van der Waals surface area contributed by atoms with E-state index in [9.17, 15) is 9.90 Å². The van der Waals surface area contributed by atoms with Gasteiger partial charge in [0.25, 0.3) is 5.91 Å². The Bertz CT molecular complexity index is 456. The van der Waals surface area contributed by atoms with Gasteiger partial charge in [0.2, 0.25) is 0 Å². The molecule has 0 saturated carbocycles. The van der Waals surface area contributed by atoms with Gasteiger partial charge in [-0.3, -0.25) is 4.79 Å². The Balaban J connectivity index is 1.73. The van der Waals surface area contributed by atoms with Crippen LogP contribution in [0.4, 0.5) is 0 Å². The second-order valence-corrected chi connectivity index (χ2v) is 6.58. The van der Waals surface area contributed by atoms with Crippen LogP contribution in [-0.2, 0) is 0 Å². The molecule has 118 valence electrons. The summed E-state index contributed by atoms with van der Waals surface area (Å²) in [6, 6.07) is 1.77. The summed E-state index contributed by atoms with van der Waals surface area (Å²) in [5.74, 6) is 1.18. The van der Waals surface area contributed by atoms with Gasteiger partial charge in [-0.05, 0) is 43.3 Å². The van der Waals surface area contributed by atoms with Gasteiger partial charge in [0, 0.05) is 13.1 Å². The van der Waals surface area contributed by atoms with E-state index in [2.05, 4.69) is 17.1 Å². The Hall–Kier alpha value is -1.11. The number of carbonyl (C=O) groups is 1. The summed E-state index contributed by atoms with van der Waals surface area (Å²) in [6.45, 7) is 5.22. The Morgan fingerprint density at radius 3 is 2.95 bits per heavy atom. The number of thiophene rings is 1. The maximum absolute atomic E-state index is 12.0. The predicted octanol–water partition coefficient (Wildman–Crippen LogP) is 1.58. The van der Waals surface area contributed by atoms with Crippen LogP contribution in [0.15, 0.2) is 11.4 Å². The van der Waals surface area contributed by atoms with Gasteiger partial charge in [0.15, 0.2) is 0 Å². The van der Waals surface area contributed by atoms with Crippen molar-refractivity contribution in [2.75, 3.05) is 33.3 Å². The van der Waals surface area contributed by atoms with Gasteiger partial charge < -0.3 is 20.1 Å². The molecule has 0 radical (unpaired) electrons. The topological polar surface area (TPSA) is 61.8 Å². The van der Waals surface area contributed by atoms with Crippen molar-refractivity contribution in [3.05, 3.63) is 16.3 Å². The maximum atomic E-state index is 12.0. The molecule has 5 nitrogen and oxygen atoms in total. The molecule has 1 aromatic heterocycles. The molecule has 0 bridgehead atoms. The summed E-state index contributed by atoms with van der Waals surface area (Å²) in [5.41, 5.74) is 0. The molecule has 1 aliphatic heterocycles. The van der Waals surface area contributed by atoms with Gasteiger partial charge in [0.05, 0.1) is 13.2 Å². The molecule has 1 fully saturated rings. The quantitative estimate of drug-likeness (QED) is 0.837. The van der Waals surface area contributed by atoms with E-state index in [1.165, 1.54) is 24.2 Å². The second kappa shape index (κ2) is 7.77. The molecule has 0 aliphatic carbocycles. The van der Waals surface area contributed by atoms with Crippen molar-refractivity contribution in [3.8, 4) is 5.75 Å². The monoisotopic (exact) mass is 312 g/mol. The molecule has 1 unspecified atom stereocenters. The van der Waals surface area contributed by atoms with E-state index >= 15 is 0 Å². The third kappa shape index (κ3) is 4.69. The number of likely N-dealkylation sites (tertiary alicyclic amines) is 1. The fourth-order valence-electron chi connectivity index (χ4n) is 2.52. The van der Waals surface area contributed by atoms with Crippen molar-refractivity contribution in [2.24, 2.45) is 5.92 Å². The summed E-state index contributed by atoms with van der Waals surface area (Å²) >= 11 is 1.34. The number of amides is 1. The molecule has 6 heteroatoms. The average molecular weight is 312 g/mol. The number of hydrogen-bond donors (Lipinski definition) is 2. The highest BCUT2D eigenvalue weighted by atomic mass is 32.1. The van der Waals surface area contributed by atoms with Gasteiger partial charge in [-0.15, -0.1) is 11.3 Å². The van der Waals surface area contributed by atoms with Crippen molar-refractivity contribution in [3.63, 3.8) is 0 Å². The minimum absolute atomic E-state index is 0.187. The number of hydrogen-bond acceptors (Lipinski definition) is 5. The third-order valence-electron chi connectivity index (χ3n) is 3.90. The smallest absolute Gasteiger partial charge is 0.265 e. The number of β-amino-alcohol motifs (C(OH)–C–C–N with tert-alkyl or cyclic N) is 1. The number of nitrogens with zero attached hydrogens (tertiary/aromatic N) is 1. The van der Waals surface area contributed by atoms with Gasteiger partial charge in [-0.2, -0.15) is 0 Å². The van der Waals surface area contributed by atoms with Crippen LogP contribution in [0.3, 0.4) is 0 Å². The molecule has 2 N–H and O–H groups in total. The standard InChI is InChI=1S/C15H24N2O3S/c1-11-3-6-17(7-4-11)10-12(18)9-16-15(19)14-13(20-2)5-8-21-14/h5,8,11-12,18H,3-4,6-7,9-10H2,1-2H3,(H,16,19). The number of aliphatic hydroxyl groups excluding tert-OH is 1. The Morgan fingerprint density at radius 2 is 2.29 bits per heavy atom. The number of aliphatic hydroxyl groups is 1. The normalized spacial score (nSPS) is 18.4. The van der Waals surface area contributed by atoms with E-state index in [0.29, 0.717) is 17.2 Å². The first-order chi connectivity index (χ1) is 10.1. The third-order valence-corrected chi connectivity index (χ3v) is 4.79. The molecule has 21 heavy (non-hydrogen) atoms. The summed E-state index contributed by atoms with van der Waals surface area (Å²) in [7, 11) is 1.55. The van der Waals surface area contributed by atoms with E-state index in [1.54, 1.807) is 13.2 Å². The van der Waals surface area contributed by atoms with Crippen LogP contribution < -0.4 is 10.1 Å². The minimum atomic E-state index is -0.534. The lowest BCUT2D eigenvalue weighted by Crippen LogP contribution is -2.42. The molecule has 1 atom stereocenters. The number of methoxy groups -OCH3 is 1. The molecule has 1 amide bonds. The lowest BCUT2D eigenvalue weighted by molar-refractivity contribution is 0.0796. The molecular weight excluding hydrogens is 288 g/mol. The SMILES string of the molecule is COc1ccsc1C(=O)NCC(O)CN1CCC(C)CC1. The van der Waals surface area contributed by atoms with Crippen molar-refractivity contribution in [1.82, 2.24) is 10.2 Å². The molecule has 1 aromatic rings. The van der Waals surface area contributed by atoms with Crippen LogP contribution >= 0.6 is 11.3 Å². The fourth-order valence-corrected chi connectivity index (χ4v) is 3.30. The molecule has 1 saturated heterocycles. The fraction of sp³-hybridized carbons (Fsp3) is 0.667. The van der Waals surface area contributed by atoms with Crippen LogP contribution in [-0.4, -0.2) is 55.3 Å². The second-order valence-electron chi connectivity index (χ2n) is 5.67. The maximum Gasteiger partial charge on any atom is 0.265 e. The van der Waals surface area contributed by atoms with Crippen molar-refractivity contribution in [2.45, 2.75) is 25.9 Å². The highest BCUT2D eigenvalue weighted by Crippen LogP contribution is 2.24. The van der Waals surface area contributed by atoms with Gasteiger partial charge >= 0.3 is 0 Å². The molecular formula is C15H24N2O3S. The predicted molar refractivity (Wildman–Crippen MR) is 84.0 cm³/mol. The minimum Gasteiger partial charge on any atom is -0.495 e. The van der Waals surface area contributed by atoms with Crippen molar-refractivity contribution < 1.29 is 14.6 Å². The zero-order valence-corrected chi connectivity index (χ0v) is 13.5. The lowest BCUT2D eigenvalue weighted by Gasteiger charge is -2.31. The number of ether oxygens (including phenoxy) is 1. The van der Waals surface area contributed by atoms with Gasteiger partial charge in [0.1, 0.15) is 10.6 Å². The van der Waals surface area contributed by atoms with Crippen molar-refractivity contribution in [1.29, 1.82) is 0 Å². The first kappa shape index (κ1) is 16.3. The molecule has 1 aliphatic rings. The van der Waals surface area contributed by atoms with E-state index in [-0.39, 0.29) is 12.5 Å². The Labute approximate surface area is 129 Å². The Kier molecular flexibility index (Phi) is 6.02.